The lowest BCUT2D eigenvalue weighted by Crippen LogP contribution is -2.46. The minimum absolute atomic E-state index is 0.157. The first-order chi connectivity index (χ1) is 7.59. The Morgan fingerprint density at radius 3 is 2.24 bits per heavy atom. The second-order valence-corrected chi connectivity index (χ2v) is 6.88. The number of carbonyl (C=O) groups is 1. The molecule has 1 aliphatic rings. The Labute approximate surface area is 104 Å². The zero-order valence-corrected chi connectivity index (χ0v) is 11.9. The number of rotatable bonds is 1. The van der Waals surface area contributed by atoms with Gasteiger partial charge in [-0.25, -0.2) is 4.79 Å². The monoisotopic (exact) mass is 242 g/mol. The van der Waals surface area contributed by atoms with E-state index in [-0.39, 0.29) is 17.6 Å². The number of nitrogens with one attached hydrogen (secondary N) is 2. The van der Waals surface area contributed by atoms with Crippen LogP contribution in [0.15, 0.2) is 0 Å². The maximum absolute atomic E-state index is 11.7. The molecule has 0 aromatic carbocycles. The summed E-state index contributed by atoms with van der Waals surface area (Å²) in [6.45, 7) is 14.0. The van der Waals surface area contributed by atoms with E-state index in [1.165, 1.54) is 0 Å². The predicted octanol–water partition coefficient (Wildman–Crippen LogP) is 2.15. The molecule has 17 heavy (non-hydrogen) atoms. The van der Waals surface area contributed by atoms with Crippen LogP contribution in [-0.4, -0.2) is 30.8 Å². The maximum Gasteiger partial charge on any atom is 0.407 e. The van der Waals surface area contributed by atoms with Gasteiger partial charge in [0.1, 0.15) is 5.60 Å². The molecular formula is C13H26N2O2. The summed E-state index contributed by atoms with van der Waals surface area (Å²) in [7, 11) is 0. The third-order valence-corrected chi connectivity index (χ3v) is 3.03. The van der Waals surface area contributed by atoms with E-state index in [0.717, 1.165) is 13.1 Å². The van der Waals surface area contributed by atoms with Crippen LogP contribution in [0.2, 0.25) is 0 Å². The van der Waals surface area contributed by atoms with E-state index >= 15 is 0 Å². The Morgan fingerprint density at radius 1 is 1.18 bits per heavy atom. The highest BCUT2D eigenvalue weighted by Crippen LogP contribution is 2.30. The molecule has 0 radical (unpaired) electrons. The third-order valence-electron chi connectivity index (χ3n) is 3.03. The van der Waals surface area contributed by atoms with Crippen molar-refractivity contribution in [1.82, 2.24) is 10.6 Å². The molecule has 1 rings (SSSR count). The second kappa shape index (κ2) is 4.84. The molecule has 0 aromatic heterocycles. The SMILES string of the molecule is CC(C)(C)OC(=O)NC1CNCC1C(C)(C)C. The van der Waals surface area contributed by atoms with E-state index in [2.05, 4.69) is 31.4 Å². The number of alkyl carbamates (subject to hydrolysis) is 1. The van der Waals surface area contributed by atoms with Gasteiger partial charge >= 0.3 is 6.09 Å². The van der Waals surface area contributed by atoms with E-state index < -0.39 is 5.60 Å². The summed E-state index contributed by atoms with van der Waals surface area (Å²) in [6, 6.07) is 0.157. The number of hydrogen-bond donors (Lipinski definition) is 2. The van der Waals surface area contributed by atoms with Crippen molar-refractivity contribution in [3.05, 3.63) is 0 Å². The van der Waals surface area contributed by atoms with Crippen LogP contribution in [0.3, 0.4) is 0 Å². The molecule has 4 heteroatoms. The van der Waals surface area contributed by atoms with Gasteiger partial charge in [-0.05, 0) is 32.1 Å². The summed E-state index contributed by atoms with van der Waals surface area (Å²) >= 11 is 0. The van der Waals surface area contributed by atoms with Gasteiger partial charge in [-0.1, -0.05) is 20.8 Å². The highest BCUT2D eigenvalue weighted by Gasteiger charge is 2.37. The van der Waals surface area contributed by atoms with Crippen LogP contribution in [0.25, 0.3) is 0 Å². The minimum Gasteiger partial charge on any atom is -0.444 e. The number of ether oxygens (including phenoxy) is 1. The van der Waals surface area contributed by atoms with E-state index in [1.54, 1.807) is 0 Å². The smallest absolute Gasteiger partial charge is 0.407 e. The van der Waals surface area contributed by atoms with Crippen molar-refractivity contribution in [3.8, 4) is 0 Å². The van der Waals surface area contributed by atoms with Crippen molar-refractivity contribution in [2.75, 3.05) is 13.1 Å². The molecular weight excluding hydrogens is 216 g/mol. The molecule has 2 atom stereocenters. The Hall–Kier alpha value is -0.770. The van der Waals surface area contributed by atoms with E-state index in [9.17, 15) is 4.79 Å². The molecule has 0 aliphatic carbocycles. The Bertz CT molecular complexity index is 276. The molecule has 1 amide bonds. The van der Waals surface area contributed by atoms with Crippen molar-refractivity contribution >= 4 is 6.09 Å². The van der Waals surface area contributed by atoms with Crippen LogP contribution in [0, 0.1) is 11.3 Å². The van der Waals surface area contributed by atoms with Crippen LogP contribution >= 0.6 is 0 Å². The van der Waals surface area contributed by atoms with Gasteiger partial charge in [0.15, 0.2) is 0 Å². The Balaban J connectivity index is 2.54. The standard InChI is InChI=1S/C13H26N2O2/c1-12(2,3)9-7-14-8-10(9)15-11(16)17-13(4,5)6/h9-10,14H,7-8H2,1-6H3,(H,15,16). The van der Waals surface area contributed by atoms with Gasteiger partial charge in [0, 0.05) is 19.1 Å². The first kappa shape index (κ1) is 14.3. The third kappa shape index (κ3) is 4.54. The molecule has 100 valence electrons. The van der Waals surface area contributed by atoms with Crippen molar-refractivity contribution < 1.29 is 9.53 Å². The lowest BCUT2D eigenvalue weighted by atomic mass is 9.78. The van der Waals surface area contributed by atoms with Crippen molar-refractivity contribution in [2.45, 2.75) is 53.2 Å². The van der Waals surface area contributed by atoms with Crippen LogP contribution in [-0.2, 0) is 4.74 Å². The minimum atomic E-state index is -0.437. The average Bonchev–Trinajstić information content (AvgIpc) is 2.46. The summed E-state index contributed by atoms with van der Waals surface area (Å²) in [5.74, 6) is 0.440. The topological polar surface area (TPSA) is 50.4 Å². The van der Waals surface area contributed by atoms with Gasteiger partial charge in [-0.15, -0.1) is 0 Å². The quantitative estimate of drug-likeness (QED) is 0.740. The lowest BCUT2D eigenvalue weighted by molar-refractivity contribution is 0.0478. The van der Waals surface area contributed by atoms with Gasteiger partial charge in [0.05, 0.1) is 0 Å². The molecule has 0 aromatic rings. The summed E-state index contributed by atoms with van der Waals surface area (Å²) in [4.78, 5) is 11.7. The molecule has 0 bridgehead atoms. The van der Waals surface area contributed by atoms with Gasteiger partial charge in [-0.2, -0.15) is 0 Å². The fourth-order valence-electron chi connectivity index (χ4n) is 2.20. The van der Waals surface area contributed by atoms with Gasteiger partial charge < -0.3 is 15.4 Å². The second-order valence-electron chi connectivity index (χ2n) is 6.88. The van der Waals surface area contributed by atoms with E-state index in [0.29, 0.717) is 5.92 Å². The fraction of sp³-hybridized carbons (Fsp3) is 0.923. The van der Waals surface area contributed by atoms with E-state index in [4.69, 9.17) is 4.74 Å². The van der Waals surface area contributed by atoms with Crippen LogP contribution < -0.4 is 10.6 Å². The first-order valence-electron chi connectivity index (χ1n) is 6.30. The van der Waals surface area contributed by atoms with Crippen molar-refractivity contribution in [2.24, 2.45) is 11.3 Å². The Morgan fingerprint density at radius 2 is 1.76 bits per heavy atom. The summed E-state index contributed by atoms with van der Waals surface area (Å²) in [6.07, 6.45) is -0.319. The predicted molar refractivity (Wildman–Crippen MR) is 69.0 cm³/mol. The summed E-state index contributed by atoms with van der Waals surface area (Å²) in [5, 5.41) is 6.30. The molecule has 2 unspecified atom stereocenters. The zero-order chi connectivity index (χ0) is 13.3. The molecule has 0 saturated carbocycles. The van der Waals surface area contributed by atoms with Gasteiger partial charge in [0.2, 0.25) is 0 Å². The molecule has 0 spiro atoms. The highest BCUT2D eigenvalue weighted by atomic mass is 16.6. The molecule has 1 heterocycles. The average molecular weight is 242 g/mol. The normalized spacial score (nSPS) is 25.8. The Kier molecular flexibility index (Phi) is 4.07. The molecule has 4 nitrogen and oxygen atoms in total. The van der Waals surface area contributed by atoms with Crippen molar-refractivity contribution in [1.29, 1.82) is 0 Å². The molecule has 2 N–H and O–H groups in total. The van der Waals surface area contributed by atoms with Gasteiger partial charge in [-0.3, -0.25) is 0 Å². The van der Waals surface area contributed by atoms with Crippen LogP contribution in [0.4, 0.5) is 4.79 Å². The van der Waals surface area contributed by atoms with E-state index in [1.807, 2.05) is 20.8 Å². The maximum atomic E-state index is 11.7. The fourth-order valence-corrected chi connectivity index (χ4v) is 2.20. The zero-order valence-electron chi connectivity index (χ0n) is 11.9. The van der Waals surface area contributed by atoms with Gasteiger partial charge in [0.25, 0.3) is 0 Å². The van der Waals surface area contributed by atoms with Crippen LogP contribution in [0.1, 0.15) is 41.5 Å². The molecule has 1 aliphatic heterocycles. The number of amides is 1. The molecule has 1 saturated heterocycles. The number of hydrogen-bond acceptors (Lipinski definition) is 3. The molecule has 1 fully saturated rings. The summed E-state index contributed by atoms with van der Waals surface area (Å²) < 4.78 is 5.28. The number of carbonyl (C=O) groups excluding carboxylic acids is 1. The first-order valence-corrected chi connectivity index (χ1v) is 6.30. The summed E-state index contributed by atoms with van der Waals surface area (Å²) in [5.41, 5.74) is -0.253. The lowest BCUT2D eigenvalue weighted by Gasteiger charge is -2.32. The largest absolute Gasteiger partial charge is 0.444 e. The van der Waals surface area contributed by atoms with Crippen molar-refractivity contribution in [3.63, 3.8) is 0 Å². The van der Waals surface area contributed by atoms with Crippen LogP contribution in [0.5, 0.6) is 0 Å². The highest BCUT2D eigenvalue weighted by molar-refractivity contribution is 5.68.